The van der Waals surface area contributed by atoms with Crippen molar-refractivity contribution < 1.29 is 19.4 Å². The predicted molar refractivity (Wildman–Crippen MR) is 138 cm³/mol. The Hall–Kier alpha value is -4.15. The molecule has 0 saturated heterocycles. The number of ether oxygens (including phenoxy) is 1. The molecule has 0 radical (unpaired) electrons. The molecule has 0 fully saturated rings. The van der Waals surface area contributed by atoms with Crippen LogP contribution in [0.1, 0.15) is 5.56 Å². The van der Waals surface area contributed by atoms with Gasteiger partial charge in [0.2, 0.25) is 0 Å². The zero-order valence-corrected chi connectivity index (χ0v) is 20.3. The lowest BCUT2D eigenvalue weighted by molar-refractivity contribution is -0.139. The van der Waals surface area contributed by atoms with Crippen molar-refractivity contribution in [1.29, 1.82) is 0 Å². The highest BCUT2D eigenvalue weighted by Crippen LogP contribution is 2.28. The van der Waals surface area contributed by atoms with E-state index in [1.807, 2.05) is 47.0 Å². The summed E-state index contributed by atoms with van der Waals surface area (Å²) < 4.78 is 7.10. The molecule has 1 aromatic heterocycles. The minimum absolute atomic E-state index is 0.0418. The van der Waals surface area contributed by atoms with E-state index in [1.165, 1.54) is 18.0 Å². The van der Waals surface area contributed by atoms with Crippen LogP contribution in [0.4, 0.5) is 0 Å². The third-order valence-electron chi connectivity index (χ3n) is 4.75. The van der Waals surface area contributed by atoms with Crippen molar-refractivity contribution >= 4 is 41.5 Å². The Bertz CT molecular complexity index is 1380. The highest BCUT2D eigenvalue weighted by molar-refractivity contribution is 7.99. The van der Waals surface area contributed by atoms with Gasteiger partial charge in [0, 0.05) is 21.8 Å². The first-order chi connectivity index (χ1) is 17.5. The van der Waals surface area contributed by atoms with Crippen molar-refractivity contribution in [3.05, 3.63) is 89.4 Å². The first-order valence-corrected chi connectivity index (χ1v) is 12.0. The summed E-state index contributed by atoms with van der Waals surface area (Å²) in [5, 5.41) is 22.6. The van der Waals surface area contributed by atoms with E-state index < -0.39 is 12.6 Å². The van der Waals surface area contributed by atoms with E-state index in [1.54, 1.807) is 36.4 Å². The molecule has 0 aliphatic rings. The van der Waals surface area contributed by atoms with Crippen LogP contribution in [0.25, 0.3) is 17.1 Å². The Balaban J connectivity index is 1.45. The molecular weight excluding hydrogens is 502 g/mol. The second kappa shape index (κ2) is 12.0. The summed E-state index contributed by atoms with van der Waals surface area (Å²) in [6.45, 7) is -0.478. The molecule has 0 aliphatic heterocycles. The number of benzene rings is 3. The van der Waals surface area contributed by atoms with Crippen LogP contribution < -0.4 is 10.2 Å². The lowest BCUT2D eigenvalue weighted by Crippen LogP contribution is -2.20. The quantitative estimate of drug-likeness (QED) is 0.181. The van der Waals surface area contributed by atoms with Gasteiger partial charge in [0.15, 0.2) is 17.6 Å². The first kappa shape index (κ1) is 25.0. The molecule has 1 heterocycles. The van der Waals surface area contributed by atoms with Crippen LogP contribution in [0, 0.1) is 0 Å². The molecule has 0 unspecified atom stereocenters. The molecule has 4 aromatic rings. The summed E-state index contributed by atoms with van der Waals surface area (Å²) >= 11 is 7.25. The number of aliphatic carboxylic acids is 1. The van der Waals surface area contributed by atoms with Crippen LogP contribution in [0.15, 0.2) is 89.1 Å². The summed E-state index contributed by atoms with van der Waals surface area (Å²) in [5.74, 6) is -0.430. The number of carbonyl (C=O) groups is 2. The number of aromatic nitrogens is 3. The van der Waals surface area contributed by atoms with Crippen LogP contribution in [-0.2, 0) is 9.59 Å². The van der Waals surface area contributed by atoms with E-state index in [4.69, 9.17) is 21.4 Å². The second-order valence-corrected chi connectivity index (χ2v) is 8.67. The summed E-state index contributed by atoms with van der Waals surface area (Å²) in [5.41, 5.74) is 4.68. The van der Waals surface area contributed by atoms with Crippen molar-refractivity contribution in [2.24, 2.45) is 5.10 Å². The van der Waals surface area contributed by atoms with Gasteiger partial charge in [-0.25, -0.2) is 10.2 Å². The molecular formula is C25H20ClN5O4S. The summed E-state index contributed by atoms with van der Waals surface area (Å²) in [4.78, 5) is 23.2. The molecule has 0 atom stereocenters. The van der Waals surface area contributed by atoms with Gasteiger partial charge in [-0.3, -0.25) is 9.36 Å². The maximum atomic E-state index is 12.4. The second-order valence-electron chi connectivity index (χ2n) is 7.29. The molecule has 11 heteroatoms. The van der Waals surface area contributed by atoms with Crippen molar-refractivity contribution in [3.8, 4) is 22.8 Å². The molecule has 182 valence electrons. The van der Waals surface area contributed by atoms with E-state index in [-0.39, 0.29) is 11.7 Å². The Morgan fingerprint density at radius 1 is 1.03 bits per heavy atom. The Morgan fingerprint density at radius 2 is 1.75 bits per heavy atom. The number of halogens is 1. The monoisotopic (exact) mass is 521 g/mol. The van der Waals surface area contributed by atoms with E-state index >= 15 is 0 Å². The maximum Gasteiger partial charge on any atom is 0.341 e. The van der Waals surface area contributed by atoms with Crippen LogP contribution in [0.3, 0.4) is 0 Å². The predicted octanol–water partition coefficient (Wildman–Crippen LogP) is 4.29. The maximum absolute atomic E-state index is 12.4. The van der Waals surface area contributed by atoms with Crippen LogP contribution in [0.2, 0.25) is 5.02 Å². The summed E-state index contributed by atoms with van der Waals surface area (Å²) in [7, 11) is 0. The van der Waals surface area contributed by atoms with E-state index in [2.05, 4.69) is 20.7 Å². The third-order valence-corrected chi connectivity index (χ3v) is 5.93. The van der Waals surface area contributed by atoms with Gasteiger partial charge in [-0.15, -0.1) is 10.2 Å². The first-order valence-electron chi connectivity index (χ1n) is 10.7. The molecule has 0 spiro atoms. The molecule has 0 bridgehead atoms. The zero-order chi connectivity index (χ0) is 25.3. The van der Waals surface area contributed by atoms with Gasteiger partial charge in [0.05, 0.1) is 12.0 Å². The zero-order valence-electron chi connectivity index (χ0n) is 18.7. The number of nitrogens with zero attached hydrogens (tertiary/aromatic N) is 4. The average Bonchev–Trinajstić information content (AvgIpc) is 3.32. The largest absolute Gasteiger partial charge is 0.481 e. The molecule has 0 saturated carbocycles. The van der Waals surface area contributed by atoms with E-state index in [9.17, 15) is 9.59 Å². The SMILES string of the molecule is O=C(O)COc1ccccc1/C=N/NC(=O)CSc1nnc(-c2ccc(Cl)cc2)n1-c1ccccc1. The number of carboxylic acids is 1. The molecule has 0 aliphatic carbocycles. The van der Waals surface area contributed by atoms with Crippen molar-refractivity contribution in [1.82, 2.24) is 20.2 Å². The minimum Gasteiger partial charge on any atom is -0.481 e. The average molecular weight is 522 g/mol. The summed E-state index contributed by atoms with van der Waals surface area (Å²) in [6.07, 6.45) is 1.39. The topological polar surface area (TPSA) is 119 Å². The number of nitrogens with one attached hydrogen (secondary N) is 1. The summed E-state index contributed by atoms with van der Waals surface area (Å²) in [6, 6.07) is 23.7. The molecule has 1 amide bonds. The van der Waals surface area contributed by atoms with Gasteiger partial charge >= 0.3 is 5.97 Å². The molecule has 4 rings (SSSR count). The molecule has 9 nitrogen and oxygen atoms in total. The van der Waals surface area contributed by atoms with Crippen LogP contribution in [0.5, 0.6) is 5.75 Å². The number of hydrogen-bond donors (Lipinski definition) is 2. The van der Waals surface area contributed by atoms with E-state index in [0.29, 0.717) is 27.3 Å². The Kier molecular flexibility index (Phi) is 8.32. The van der Waals surface area contributed by atoms with Gasteiger partial charge < -0.3 is 9.84 Å². The number of amides is 1. The molecule has 36 heavy (non-hydrogen) atoms. The Labute approximate surface area is 215 Å². The standard InChI is InChI=1S/C25H20ClN5O4S/c26-19-12-10-17(11-13-19)24-29-30-25(31(24)20-7-2-1-3-8-20)36-16-22(32)28-27-14-18-6-4-5-9-21(18)35-15-23(33)34/h1-14H,15-16H2,(H,28,32)(H,33,34)/b27-14+. The number of rotatable bonds is 10. The number of carboxylic acid groups (broad SMARTS) is 1. The van der Waals surface area contributed by atoms with Crippen LogP contribution >= 0.6 is 23.4 Å². The van der Waals surface area contributed by atoms with Gasteiger partial charge in [-0.2, -0.15) is 5.10 Å². The van der Waals surface area contributed by atoms with Gasteiger partial charge in [0.25, 0.3) is 5.91 Å². The third kappa shape index (κ3) is 6.49. The number of hydrazone groups is 1. The highest BCUT2D eigenvalue weighted by Gasteiger charge is 2.17. The smallest absolute Gasteiger partial charge is 0.341 e. The van der Waals surface area contributed by atoms with Gasteiger partial charge in [0.1, 0.15) is 5.75 Å². The normalized spacial score (nSPS) is 10.9. The lowest BCUT2D eigenvalue weighted by atomic mass is 10.2. The molecule has 3 aromatic carbocycles. The van der Waals surface area contributed by atoms with Gasteiger partial charge in [-0.05, 0) is 48.5 Å². The van der Waals surface area contributed by atoms with Crippen molar-refractivity contribution in [2.75, 3.05) is 12.4 Å². The van der Waals surface area contributed by atoms with Crippen molar-refractivity contribution in [3.63, 3.8) is 0 Å². The number of carbonyl (C=O) groups excluding carboxylic acids is 1. The van der Waals surface area contributed by atoms with E-state index in [0.717, 1.165) is 11.3 Å². The number of hydrogen-bond acceptors (Lipinski definition) is 7. The molecule has 2 N–H and O–H groups in total. The number of para-hydroxylation sites is 2. The van der Waals surface area contributed by atoms with Crippen LogP contribution in [-0.4, -0.2) is 50.3 Å². The highest BCUT2D eigenvalue weighted by atomic mass is 35.5. The minimum atomic E-state index is -1.09. The fourth-order valence-electron chi connectivity index (χ4n) is 3.15. The fourth-order valence-corrected chi connectivity index (χ4v) is 4.02. The Morgan fingerprint density at radius 3 is 2.50 bits per heavy atom. The number of thioether (sulfide) groups is 1. The van der Waals surface area contributed by atoms with Crippen molar-refractivity contribution in [2.45, 2.75) is 5.16 Å². The fraction of sp³-hybridized carbons (Fsp3) is 0.0800. The van der Waals surface area contributed by atoms with Gasteiger partial charge in [-0.1, -0.05) is 53.7 Å². The lowest BCUT2D eigenvalue weighted by Gasteiger charge is -2.10.